The number of aliphatic hydroxyl groups is 1. The molecule has 1 aromatic heterocycles. The molecular formula is C18H16N2O3. The SMILES string of the molecule is C=CCN1C(=O)[C@](O)(CC(=O)c2ccncc2)c2ccccc21. The maximum Gasteiger partial charge on any atom is 0.264 e. The molecule has 1 aliphatic rings. The Morgan fingerprint density at radius 2 is 1.96 bits per heavy atom. The van der Waals surface area contributed by atoms with Crippen molar-refractivity contribution in [2.75, 3.05) is 11.4 Å². The number of pyridine rings is 1. The number of carbonyl (C=O) groups excluding carboxylic acids is 2. The summed E-state index contributed by atoms with van der Waals surface area (Å²) in [4.78, 5) is 30.5. The molecule has 116 valence electrons. The lowest BCUT2D eigenvalue weighted by Crippen LogP contribution is -2.41. The number of amides is 1. The first kappa shape index (κ1) is 15.1. The zero-order valence-electron chi connectivity index (χ0n) is 12.5. The van der Waals surface area contributed by atoms with Gasteiger partial charge in [0.05, 0.1) is 12.1 Å². The maximum atomic E-state index is 12.7. The van der Waals surface area contributed by atoms with Gasteiger partial charge in [-0.25, -0.2) is 0 Å². The minimum Gasteiger partial charge on any atom is -0.375 e. The molecule has 1 amide bonds. The van der Waals surface area contributed by atoms with Crippen molar-refractivity contribution < 1.29 is 14.7 Å². The quantitative estimate of drug-likeness (QED) is 0.678. The number of fused-ring (bicyclic) bond motifs is 1. The molecule has 1 N–H and O–H groups in total. The summed E-state index contributed by atoms with van der Waals surface area (Å²) < 4.78 is 0. The van der Waals surface area contributed by atoms with Crippen LogP contribution in [0.25, 0.3) is 0 Å². The third-order valence-electron chi connectivity index (χ3n) is 3.97. The topological polar surface area (TPSA) is 70.5 Å². The summed E-state index contributed by atoms with van der Waals surface area (Å²) in [7, 11) is 0. The van der Waals surface area contributed by atoms with Crippen LogP contribution in [0.4, 0.5) is 5.69 Å². The maximum absolute atomic E-state index is 12.7. The van der Waals surface area contributed by atoms with Crippen molar-refractivity contribution in [1.29, 1.82) is 0 Å². The molecule has 0 spiro atoms. The van der Waals surface area contributed by atoms with E-state index in [0.717, 1.165) is 0 Å². The van der Waals surface area contributed by atoms with Gasteiger partial charge in [0.1, 0.15) is 0 Å². The van der Waals surface area contributed by atoms with Gasteiger partial charge in [0.25, 0.3) is 5.91 Å². The van der Waals surface area contributed by atoms with Gasteiger partial charge >= 0.3 is 0 Å². The lowest BCUT2D eigenvalue weighted by atomic mass is 9.88. The van der Waals surface area contributed by atoms with Crippen LogP contribution < -0.4 is 4.90 Å². The summed E-state index contributed by atoms with van der Waals surface area (Å²) in [5.74, 6) is -0.806. The first-order chi connectivity index (χ1) is 11.1. The fourth-order valence-electron chi connectivity index (χ4n) is 2.86. The molecule has 23 heavy (non-hydrogen) atoms. The molecule has 0 radical (unpaired) electrons. The van der Waals surface area contributed by atoms with Gasteiger partial charge in [-0.3, -0.25) is 14.6 Å². The molecule has 0 unspecified atom stereocenters. The summed E-state index contributed by atoms with van der Waals surface area (Å²) in [6, 6.07) is 10.1. The molecule has 0 saturated heterocycles. The summed E-state index contributed by atoms with van der Waals surface area (Å²) in [6.45, 7) is 3.92. The number of Topliss-reactive ketones (excluding diaryl/α,β-unsaturated/α-hetero) is 1. The lowest BCUT2D eigenvalue weighted by Gasteiger charge is -2.22. The number of anilines is 1. The summed E-state index contributed by atoms with van der Waals surface area (Å²) in [5.41, 5.74) is -0.363. The third kappa shape index (κ3) is 2.45. The molecule has 1 atom stereocenters. The molecule has 1 aromatic carbocycles. The number of hydrogen-bond acceptors (Lipinski definition) is 4. The Bertz CT molecular complexity index is 773. The second-order valence-electron chi connectivity index (χ2n) is 5.42. The molecule has 0 fully saturated rings. The molecule has 0 saturated carbocycles. The van der Waals surface area contributed by atoms with E-state index in [0.29, 0.717) is 16.8 Å². The van der Waals surface area contributed by atoms with E-state index in [-0.39, 0.29) is 18.7 Å². The van der Waals surface area contributed by atoms with Crippen LogP contribution in [0.3, 0.4) is 0 Å². The van der Waals surface area contributed by atoms with Crippen LogP contribution in [0.2, 0.25) is 0 Å². The van der Waals surface area contributed by atoms with Gasteiger partial charge in [0.2, 0.25) is 0 Å². The summed E-state index contributed by atoms with van der Waals surface area (Å²) in [6.07, 6.45) is 4.29. The lowest BCUT2D eigenvalue weighted by molar-refractivity contribution is -0.135. The van der Waals surface area contributed by atoms with Crippen molar-refractivity contribution in [2.45, 2.75) is 12.0 Å². The monoisotopic (exact) mass is 308 g/mol. The number of rotatable bonds is 5. The molecule has 0 bridgehead atoms. The van der Waals surface area contributed by atoms with Crippen molar-refractivity contribution >= 4 is 17.4 Å². The largest absolute Gasteiger partial charge is 0.375 e. The van der Waals surface area contributed by atoms with Crippen LogP contribution in [0, 0.1) is 0 Å². The van der Waals surface area contributed by atoms with Crippen molar-refractivity contribution in [3.63, 3.8) is 0 Å². The van der Waals surface area contributed by atoms with E-state index >= 15 is 0 Å². The van der Waals surface area contributed by atoms with Crippen LogP contribution >= 0.6 is 0 Å². The number of nitrogens with zero attached hydrogens (tertiary/aromatic N) is 2. The molecule has 2 heterocycles. The van der Waals surface area contributed by atoms with Gasteiger partial charge in [-0.05, 0) is 18.2 Å². The van der Waals surface area contributed by atoms with E-state index in [1.54, 1.807) is 42.5 Å². The second-order valence-corrected chi connectivity index (χ2v) is 5.42. The van der Waals surface area contributed by atoms with Crippen LogP contribution in [0.1, 0.15) is 22.3 Å². The first-order valence-electron chi connectivity index (χ1n) is 7.26. The second kappa shape index (κ2) is 5.78. The summed E-state index contributed by atoms with van der Waals surface area (Å²) >= 11 is 0. The smallest absolute Gasteiger partial charge is 0.264 e. The number of para-hydroxylation sites is 1. The average Bonchev–Trinajstić information content (AvgIpc) is 2.78. The molecule has 5 nitrogen and oxygen atoms in total. The normalized spacial score (nSPS) is 19.5. The highest BCUT2D eigenvalue weighted by atomic mass is 16.3. The Labute approximate surface area is 133 Å². The van der Waals surface area contributed by atoms with Gasteiger partial charge < -0.3 is 10.0 Å². The number of carbonyl (C=O) groups is 2. The highest BCUT2D eigenvalue weighted by molar-refractivity contribution is 6.10. The van der Waals surface area contributed by atoms with E-state index in [9.17, 15) is 14.7 Å². The highest BCUT2D eigenvalue weighted by Gasteiger charge is 2.50. The molecule has 0 aliphatic carbocycles. The fourth-order valence-corrected chi connectivity index (χ4v) is 2.86. The standard InChI is InChI=1S/C18H16N2O3/c1-2-11-20-15-6-4-3-5-14(15)18(23,17(20)22)12-16(21)13-7-9-19-10-8-13/h2-10,23H,1,11-12H2/t18-/m0/s1. The molecule has 1 aliphatic heterocycles. The Hall–Kier alpha value is -2.79. The van der Waals surface area contributed by atoms with Crippen LogP contribution in [0.5, 0.6) is 0 Å². The van der Waals surface area contributed by atoms with Gasteiger partial charge in [0.15, 0.2) is 11.4 Å². The zero-order chi connectivity index (χ0) is 16.4. The van der Waals surface area contributed by atoms with E-state index in [4.69, 9.17) is 0 Å². The Kier molecular flexibility index (Phi) is 3.80. The molecule has 3 rings (SSSR count). The van der Waals surface area contributed by atoms with Gasteiger partial charge in [0, 0.05) is 30.1 Å². The van der Waals surface area contributed by atoms with Crippen molar-refractivity contribution in [3.8, 4) is 0 Å². The van der Waals surface area contributed by atoms with Gasteiger partial charge in [-0.1, -0.05) is 24.3 Å². The zero-order valence-corrected chi connectivity index (χ0v) is 12.5. The first-order valence-corrected chi connectivity index (χ1v) is 7.26. The van der Waals surface area contributed by atoms with E-state index in [1.165, 1.54) is 17.3 Å². The molecular weight excluding hydrogens is 292 g/mol. The molecule has 5 heteroatoms. The minimum atomic E-state index is -1.85. The number of ketones is 1. The van der Waals surface area contributed by atoms with Gasteiger partial charge in [-0.15, -0.1) is 6.58 Å². The number of hydrogen-bond donors (Lipinski definition) is 1. The Morgan fingerprint density at radius 3 is 2.65 bits per heavy atom. The number of aromatic nitrogens is 1. The average molecular weight is 308 g/mol. The minimum absolute atomic E-state index is 0.279. The number of benzene rings is 1. The van der Waals surface area contributed by atoms with E-state index < -0.39 is 11.5 Å². The van der Waals surface area contributed by atoms with Crippen LogP contribution in [0.15, 0.2) is 61.4 Å². The van der Waals surface area contributed by atoms with Crippen molar-refractivity contribution in [2.24, 2.45) is 0 Å². The predicted molar refractivity (Wildman–Crippen MR) is 86.1 cm³/mol. The van der Waals surface area contributed by atoms with Crippen molar-refractivity contribution in [1.82, 2.24) is 4.98 Å². The van der Waals surface area contributed by atoms with Crippen molar-refractivity contribution in [3.05, 3.63) is 72.6 Å². The predicted octanol–water partition coefficient (Wildman–Crippen LogP) is 2.07. The van der Waals surface area contributed by atoms with Crippen LogP contribution in [-0.4, -0.2) is 28.3 Å². The molecule has 2 aromatic rings. The Balaban J connectivity index is 1.99. The third-order valence-corrected chi connectivity index (χ3v) is 3.97. The van der Waals surface area contributed by atoms with Gasteiger partial charge in [-0.2, -0.15) is 0 Å². The Morgan fingerprint density at radius 1 is 1.26 bits per heavy atom. The fraction of sp³-hybridized carbons (Fsp3) is 0.167. The summed E-state index contributed by atoms with van der Waals surface area (Å²) in [5, 5.41) is 11.0. The van der Waals surface area contributed by atoms with Crippen LogP contribution in [-0.2, 0) is 10.4 Å². The van der Waals surface area contributed by atoms with E-state index in [1.807, 2.05) is 0 Å². The van der Waals surface area contributed by atoms with E-state index in [2.05, 4.69) is 11.6 Å². The highest BCUT2D eigenvalue weighted by Crippen LogP contribution is 2.42.